The average molecular weight is 517 g/mol. The Labute approximate surface area is 210 Å². The second-order valence-corrected chi connectivity index (χ2v) is 9.99. The quantitative estimate of drug-likeness (QED) is 0.525. The van der Waals surface area contributed by atoms with Gasteiger partial charge in [0.15, 0.2) is 5.69 Å². The van der Waals surface area contributed by atoms with Crippen LogP contribution in [0.25, 0.3) is 10.9 Å². The summed E-state index contributed by atoms with van der Waals surface area (Å²) in [4.78, 5) is 21.6. The smallest absolute Gasteiger partial charge is 0.370 e. The van der Waals surface area contributed by atoms with Crippen LogP contribution in [0.15, 0.2) is 18.2 Å². The molecular formula is C25H24ClF3N6O. The Kier molecular flexibility index (Phi) is 6.07. The van der Waals surface area contributed by atoms with Crippen molar-refractivity contribution in [2.24, 2.45) is 11.8 Å². The predicted molar refractivity (Wildman–Crippen MR) is 128 cm³/mol. The second kappa shape index (κ2) is 8.96. The third-order valence-electron chi connectivity index (χ3n) is 7.26. The van der Waals surface area contributed by atoms with Gasteiger partial charge >= 0.3 is 6.18 Å². The molecule has 1 saturated heterocycles. The number of halogens is 4. The molecule has 1 unspecified atom stereocenters. The van der Waals surface area contributed by atoms with E-state index >= 15 is 0 Å². The fourth-order valence-electron chi connectivity index (χ4n) is 5.47. The highest BCUT2D eigenvalue weighted by molar-refractivity contribution is 6.31. The number of nitrogens with one attached hydrogen (secondary N) is 1. The number of aromatic nitrogens is 3. The van der Waals surface area contributed by atoms with Gasteiger partial charge in [0.1, 0.15) is 6.07 Å². The van der Waals surface area contributed by atoms with E-state index in [2.05, 4.69) is 26.2 Å². The van der Waals surface area contributed by atoms with Gasteiger partial charge in [0.2, 0.25) is 5.91 Å². The van der Waals surface area contributed by atoms with Crippen LogP contribution in [0.5, 0.6) is 0 Å². The summed E-state index contributed by atoms with van der Waals surface area (Å²) in [7, 11) is 0. The molecule has 1 N–H and O–H groups in total. The molecule has 36 heavy (non-hydrogen) atoms. The Balaban J connectivity index is 1.38. The summed E-state index contributed by atoms with van der Waals surface area (Å²) in [5.74, 6) is -0.540. The first kappa shape index (κ1) is 24.4. The third-order valence-corrected chi connectivity index (χ3v) is 7.50. The maximum Gasteiger partial charge on any atom is 0.435 e. The number of nitriles is 1. The summed E-state index contributed by atoms with van der Waals surface area (Å²) in [6.07, 6.45) is -3.73. The van der Waals surface area contributed by atoms with Gasteiger partial charge in [0, 0.05) is 60.2 Å². The van der Waals surface area contributed by atoms with Crippen molar-refractivity contribution in [2.75, 3.05) is 24.5 Å². The summed E-state index contributed by atoms with van der Waals surface area (Å²) in [6, 6.07) is 7.66. The van der Waals surface area contributed by atoms with Gasteiger partial charge in [-0.15, -0.1) is 0 Å². The van der Waals surface area contributed by atoms with Crippen LogP contribution in [0, 0.1) is 30.1 Å². The highest BCUT2D eigenvalue weighted by Gasteiger charge is 2.41. The summed E-state index contributed by atoms with van der Waals surface area (Å²) in [5.41, 5.74) is 2.15. The summed E-state index contributed by atoms with van der Waals surface area (Å²) < 4.78 is 40.1. The van der Waals surface area contributed by atoms with Crippen molar-refractivity contribution in [3.8, 4) is 6.07 Å². The van der Waals surface area contributed by atoms with Gasteiger partial charge in [-0.25, -0.2) is 0 Å². The molecule has 3 aromatic rings. The number of benzene rings is 1. The molecule has 1 fully saturated rings. The number of alkyl halides is 3. The van der Waals surface area contributed by atoms with Gasteiger partial charge in [-0.3, -0.25) is 14.9 Å². The van der Waals surface area contributed by atoms with Gasteiger partial charge < -0.3 is 9.80 Å². The van der Waals surface area contributed by atoms with Crippen molar-refractivity contribution < 1.29 is 18.0 Å². The van der Waals surface area contributed by atoms with E-state index in [1.54, 1.807) is 19.1 Å². The van der Waals surface area contributed by atoms with Gasteiger partial charge in [-0.05, 0) is 37.5 Å². The number of nitrogens with zero attached hydrogens (tertiary/aromatic N) is 5. The van der Waals surface area contributed by atoms with Gasteiger partial charge in [0.05, 0.1) is 22.5 Å². The fourth-order valence-corrected chi connectivity index (χ4v) is 5.64. The molecule has 4 heterocycles. The number of hydrogen-bond donors (Lipinski definition) is 1. The normalized spacial score (nSPS) is 20.4. The van der Waals surface area contributed by atoms with Crippen molar-refractivity contribution >= 4 is 34.1 Å². The molecule has 11 heteroatoms. The number of H-pyrrole nitrogens is 1. The van der Waals surface area contributed by atoms with Crippen LogP contribution in [-0.2, 0) is 23.9 Å². The number of rotatable bonds is 2. The number of pyridine rings is 1. The summed E-state index contributed by atoms with van der Waals surface area (Å²) >= 11 is 6.25. The summed E-state index contributed by atoms with van der Waals surface area (Å²) in [6.45, 7) is 5.07. The number of carbonyl (C=O) groups is 1. The first-order chi connectivity index (χ1) is 17.1. The third kappa shape index (κ3) is 4.15. The molecule has 1 amide bonds. The lowest BCUT2D eigenvalue weighted by molar-refractivity contribution is -0.144. The number of hydrogen-bond acceptors (Lipinski definition) is 5. The van der Waals surface area contributed by atoms with Crippen LogP contribution >= 0.6 is 11.6 Å². The SMILES string of the molecule is Cc1nc2ccc(Cl)cc2c(N2CCC(C(=O)N3CCc4[nH]nc(C(F)(F)F)c4C3)[C@H](C)C2)c1C#N. The zero-order valence-corrected chi connectivity index (χ0v) is 20.5. The van der Waals surface area contributed by atoms with Crippen molar-refractivity contribution in [2.45, 2.75) is 39.4 Å². The molecule has 188 valence electrons. The highest BCUT2D eigenvalue weighted by atomic mass is 35.5. The lowest BCUT2D eigenvalue weighted by Gasteiger charge is -2.41. The molecule has 2 aliphatic rings. The standard InChI is InChI=1S/C25H24ClF3N6O/c1-13-11-34(22-17-9-15(26)3-4-20(17)31-14(2)18(22)10-30)7-5-16(13)24(36)35-8-6-21-19(12-35)23(33-32-21)25(27,28)29/h3-4,9,13,16H,5-8,11-12H2,1-2H3,(H,32,33)/t13-,16?/m1/s1. The first-order valence-electron chi connectivity index (χ1n) is 11.8. The summed E-state index contributed by atoms with van der Waals surface area (Å²) in [5, 5.41) is 17.1. The lowest BCUT2D eigenvalue weighted by Crippen LogP contribution is -2.48. The van der Waals surface area contributed by atoms with Crippen LogP contribution in [0.4, 0.5) is 18.9 Å². The van der Waals surface area contributed by atoms with Crippen molar-refractivity contribution in [1.29, 1.82) is 5.26 Å². The molecule has 7 nitrogen and oxygen atoms in total. The molecule has 2 aromatic heterocycles. The van der Waals surface area contributed by atoms with Crippen molar-refractivity contribution in [3.05, 3.63) is 51.4 Å². The van der Waals surface area contributed by atoms with Gasteiger partial charge in [-0.2, -0.15) is 23.5 Å². The minimum Gasteiger partial charge on any atom is -0.370 e. The number of aromatic amines is 1. The number of carbonyl (C=O) groups excluding carboxylic acids is 1. The van der Waals surface area contributed by atoms with Gasteiger partial charge in [0.25, 0.3) is 0 Å². The van der Waals surface area contributed by atoms with E-state index in [0.717, 1.165) is 16.6 Å². The van der Waals surface area contributed by atoms with E-state index in [4.69, 9.17) is 11.6 Å². The van der Waals surface area contributed by atoms with Crippen LogP contribution in [0.2, 0.25) is 5.02 Å². The molecule has 5 rings (SSSR count). The Hall–Kier alpha value is -3.32. The van der Waals surface area contributed by atoms with E-state index in [9.17, 15) is 23.2 Å². The van der Waals surface area contributed by atoms with Crippen molar-refractivity contribution in [1.82, 2.24) is 20.1 Å². The second-order valence-electron chi connectivity index (χ2n) is 9.55. The van der Waals surface area contributed by atoms with E-state index in [1.807, 2.05) is 13.0 Å². The van der Waals surface area contributed by atoms with Crippen LogP contribution in [-0.4, -0.2) is 45.6 Å². The molecule has 0 radical (unpaired) electrons. The van der Waals surface area contributed by atoms with E-state index in [1.165, 1.54) is 4.90 Å². The Morgan fingerprint density at radius 2 is 2.08 bits per heavy atom. The molecule has 2 aliphatic heterocycles. The maximum absolute atomic E-state index is 13.4. The minimum absolute atomic E-state index is 0.0569. The molecule has 1 aromatic carbocycles. The molecule has 0 aliphatic carbocycles. The maximum atomic E-state index is 13.4. The lowest BCUT2D eigenvalue weighted by atomic mass is 9.84. The molecule has 0 spiro atoms. The van der Waals surface area contributed by atoms with Crippen molar-refractivity contribution in [3.63, 3.8) is 0 Å². The fraction of sp³-hybridized carbons (Fsp3) is 0.440. The topological polar surface area (TPSA) is 88.9 Å². The number of aryl methyl sites for hydroxylation is 1. The first-order valence-corrected chi connectivity index (χ1v) is 12.1. The van der Waals surface area contributed by atoms with Crippen LogP contribution < -0.4 is 4.90 Å². The van der Waals surface area contributed by atoms with E-state index in [-0.39, 0.29) is 29.9 Å². The Morgan fingerprint density at radius 3 is 2.78 bits per heavy atom. The largest absolute Gasteiger partial charge is 0.435 e. The minimum atomic E-state index is -4.57. The van der Waals surface area contributed by atoms with Crippen LogP contribution in [0.3, 0.4) is 0 Å². The van der Waals surface area contributed by atoms with E-state index < -0.39 is 11.9 Å². The zero-order chi connectivity index (χ0) is 25.8. The van der Waals surface area contributed by atoms with Crippen LogP contribution in [0.1, 0.15) is 41.6 Å². The number of amides is 1. The molecule has 2 atom stereocenters. The van der Waals surface area contributed by atoms with E-state index in [0.29, 0.717) is 54.4 Å². The molecular weight excluding hydrogens is 493 g/mol. The van der Waals surface area contributed by atoms with Gasteiger partial charge in [-0.1, -0.05) is 18.5 Å². The Morgan fingerprint density at radius 1 is 1.31 bits per heavy atom. The molecule has 0 saturated carbocycles. The predicted octanol–water partition coefficient (Wildman–Crippen LogP) is 4.86. The number of anilines is 1. The number of fused-ring (bicyclic) bond motifs is 2. The zero-order valence-electron chi connectivity index (χ0n) is 19.8. The highest BCUT2D eigenvalue weighted by Crippen LogP contribution is 2.38. The molecule has 0 bridgehead atoms. The number of piperidine rings is 1. The monoisotopic (exact) mass is 516 g/mol. The average Bonchev–Trinajstić information content (AvgIpc) is 3.27. The Bertz CT molecular complexity index is 1400.